The maximum atomic E-state index is 13.0. The van der Waals surface area contributed by atoms with Gasteiger partial charge in [-0.1, -0.05) is 29.8 Å². The Bertz CT molecular complexity index is 599. The van der Waals surface area contributed by atoms with Crippen LogP contribution in [0.2, 0.25) is 5.15 Å². The Labute approximate surface area is 112 Å². The Hall–Kier alpha value is -1.75. The van der Waals surface area contributed by atoms with Crippen LogP contribution >= 0.6 is 11.6 Å². The van der Waals surface area contributed by atoms with Crippen LogP contribution in [0.4, 0.5) is 13.2 Å². The molecule has 0 aliphatic carbocycles. The van der Waals surface area contributed by atoms with Crippen LogP contribution < -0.4 is 4.74 Å². The number of hydrogen-bond donors (Lipinski definition) is 0. The Balaban J connectivity index is 2.70. The molecule has 1 aromatic heterocycles. The number of benzene rings is 1. The lowest BCUT2D eigenvalue weighted by molar-refractivity contribution is -0.137. The van der Waals surface area contributed by atoms with Crippen LogP contribution in [0.15, 0.2) is 36.5 Å². The third kappa shape index (κ3) is 2.66. The van der Waals surface area contributed by atoms with Crippen LogP contribution in [0, 0.1) is 0 Å². The van der Waals surface area contributed by atoms with Crippen molar-refractivity contribution < 1.29 is 17.9 Å². The van der Waals surface area contributed by atoms with Crippen molar-refractivity contribution in [2.24, 2.45) is 0 Å². The van der Waals surface area contributed by atoms with E-state index in [1.807, 2.05) is 0 Å². The molecule has 0 spiro atoms. The Kier molecular flexibility index (Phi) is 3.66. The van der Waals surface area contributed by atoms with Gasteiger partial charge in [-0.3, -0.25) is 0 Å². The van der Waals surface area contributed by atoms with Gasteiger partial charge in [-0.05, 0) is 17.7 Å². The topological polar surface area (TPSA) is 22.1 Å². The van der Waals surface area contributed by atoms with E-state index in [4.69, 9.17) is 16.3 Å². The molecule has 0 atom stereocenters. The molecule has 0 aliphatic heterocycles. The molecule has 0 saturated heterocycles. The van der Waals surface area contributed by atoms with Crippen LogP contribution in [0.3, 0.4) is 0 Å². The standard InChI is InChI=1S/C13H9ClF3NO/c1-19-11-9(6-7-18-12(11)14)8-4-2-3-5-10(8)13(15,16)17/h2-7H,1H3. The van der Waals surface area contributed by atoms with Crippen LogP contribution in [-0.4, -0.2) is 12.1 Å². The molecule has 1 aromatic carbocycles. The summed E-state index contributed by atoms with van der Waals surface area (Å²) in [7, 11) is 1.34. The first-order chi connectivity index (χ1) is 8.95. The second-order valence-electron chi connectivity index (χ2n) is 3.73. The predicted molar refractivity (Wildman–Crippen MR) is 66.2 cm³/mol. The fourth-order valence-electron chi connectivity index (χ4n) is 1.79. The van der Waals surface area contributed by atoms with E-state index in [2.05, 4.69) is 4.98 Å². The van der Waals surface area contributed by atoms with E-state index in [9.17, 15) is 13.2 Å². The number of rotatable bonds is 2. The molecule has 100 valence electrons. The van der Waals surface area contributed by atoms with E-state index in [0.29, 0.717) is 0 Å². The summed E-state index contributed by atoms with van der Waals surface area (Å²) >= 11 is 5.83. The molecule has 2 nitrogen and oxygen atoms in total. The maximum absolute atomic E-state index is 13.0. The van der Waals surface area contributed by atoms with Crippen molar-refractivity contribution in [2.75, 3.05) is 7.11 Å². The molecule has 0 fully saturated rings. The smallest absolute Gasteiger partial charge is 0.417 e. The summed E-state index contributed by atoms with van der Waals surface area (Å²) in [6.45, 7) is 0. The predicted octanol–water partition coefficient (Wildman–Crippen LogP) is 4.43. The number of hydrogen-bond acceptors (Lipinski definition) is 2. The maximum Gasteiger partial charge on any atom is 0.417 e. The molecular formula is C13H9ClF3NO. The van der Waals surface area contributed by atoms with Crippen molar-refractivity contribution in [1.29, 1.82) is 0 Å². The molecule has 6 heteroatoms. The zero-order valence-corrected chi connectivity index (χ0v) is 10.6. The van der Waals surface area contributed by atoms with Crippen molar-refractivity contribution in [3.63, 3.8) is 0 Å². The lowest BCUT2D eigenvalue weighted by Crippen LogP contribution is -2.07. The minimum absolute atomic E-state index is 0.0103. The van der Waals surface area contributed by atoms with E-state index in [0.717, 1.165) is 6.07 Å². The van der Waals surface area contributed by atoms with Gasteiger partial charge in [0.25, 0.3) is 0 Å². The van der Waals surface area contributed by atoms with E-state index in [1.165, 1.54) is 37.6 Å². The minimum Gasteiger partial charge on any atom is -0.493 e. The summed E-state index contributed by atoms with van der Waals surface area (Å²) in [6.07, 6.45) is -3.11. The lowest BCUT2D eigenvalue weighted by Gasteiger charge is -2.15. The van der Waals surface area contributed by atoms with Gasteiger partial charge in [0.2, 0.25) is 0 Å². The Morgan fingerprint density at radius 3 is 2.42 bits per heavy atom. The van der Waals surface area contributed by atoms with Crippen LogP contribution in [-0.2, 0) is 6.18 Å². The molecule has 0 unspecified atom stereocenters. The van der Waals surface area contributed by atoms with Crippen LogP contribution in [0.25, 0.3) is 11.1 Å². The fraction of sp³-hybridized carbons (Fsp3) is 0.154. The summed E-state index contributed by atoms with van der Waals surface area (Å²) in [5.41, 5.74) is -0.470. The average Bonchev–Trinajstić information content (AvgIpc) is 2.37. The van der Waals surface area contributed by atoms with Crippen molar-refractivity contribution >= 4 is 11.6 Å². The second-order valence-corrected chi connectivity index (χ2v) is 4.08. The monoisotopic (exact) mass is 287 g/mol. The molecule has 0 N–H and O–H groups in total. The lowest BCUT2D eigenvalue weighted by atomic mass is 9.99. The summed E-state index contributed by atoms with van der Waals surface area (Å²) in [5, 5.41) is 0.0250. The van der Waals surface area contributed by atoms with Gasteiger partial charge in [-0.2, -0.15) is 13.2 Å². The van der Waals surface area contributed by atoms with Gasteiger partial charge in [0.1, 0.15) is 0 Å². The number of alkyl halides is 3. The average molecular weight is 288 g/mol. The van der Waals surface area contributed by atoms with Gasteiger partial charge in [-0.25, -0.2) is 4.98 Å². The Morgan fingerprint density at radius 2 is 1.79 bits per heavy atom. The third-order valence-electron chi connectivity index (χ3n) is 2.59. The van der Waals surface area contributed by atoms with Crippen LogP contribution in [0.5, 0.6) is 5.75 Å². The first-order valence-corrected chi connectivity index (χ1v) is 5.68. The van der Waals surface area contributed by atoms with Gasteiger partial charge in [0, 0.05) is 11.8 Å². The highest BCUT2D eigenvalue weighted by molar-refractivity contribution is 6.31. The first kappa shape index (κ1) is 13.7. The molecule has 0 aliphatic rings. The zero-order chi connectivity index (χ0) is 14.0. The van der Waals surface area contributed by atoms with E-state index >= 15 is 0 Å². The van der Waals surface area contributed by atoms with Crippen molar-refractivity contribution in [3.8, 4) is 16.9 Å². The van der Waals surface area contributed by atoms with Gasteiger partial charge < -0.3 is 4.74 Å². The minimum atomic E-state index is -4.45. The fourth-order valence-corrected chi connectivity index (χ4v) is 2.03. The number of ether oxygens (including phenoxy) is 1. The molecule has 0 bridgehead atoms. The van der Waals surface area contributed by atoms with Gasteiger partial charge in [-0.15, -0.1) is 0 Å². The molecule has 0 saturated carbocycles. The van der Waals surface area contributed by atoms with Gasteiger partial charge in [0.15, 0.2) is 10.9 Å². The summed E-state index contributed by atoms with van der Waals surface area (Å²) in [5.74, 6) is 0.126. The molecule has 0 amide bonds. The number of aromatic nitrogens is 1. The molecule has 19 heavy (non-hydrogen) atoms. The van der Waals surface area contributed by atoms with E-state index < -0.39 is 11.7 Å². The highest BCUT2D eigenvalue weighted by Gasteiger charge is 2.34. The number of nitrogens with zero attached hydrogens (tertiary/aromatic N) is 1. The summed E-state index contributed by atoms with van der Waals surface area (Å²) in [4.78, 5) is 3.79. The normalized spacial score (nSPS) is 11.4. The molecule has 1 heterocycles. The molecular weight excluding hydrogens is 279 g/mol. The third-order valence-corrected chi connectivity index (χ3v) is 2.86. The quantitative estimate of drug-likeness (QED) is 0.762. The van der Waals surface area contributed by atoms with Crippen LogP contribution in [0.1, 0.15) is 5.56 Å². The first-order valence-electron chi connectivity index (χ1n) is 5.30. The van der Waals surface area contributed by atoms with Gasteiger partial charge in [0.05, 0.1) is 12.7 Å². The number of pyridine rings is 1. The number of halogens is 4. The van der Waals surface area contributed by atoms with Crippen molar-refractivity contribution in [2.45, 2.75) is 6.18 Å². The van der Waals surface area contributed by atoms with Gasteiger partial charge >= 0.3 is 6.18 Å². The number of methoxy groups -OCH3 is 1. The molecule has 0 radical (unpaired) electrons. The zero-order valence-electron chi connectivity index (χ0n) is 9.83. The van der Waals surface area contributed by atoms with E-state index in [1.54, 1.807) is 0 Å². The summed E-state index contributed by atoms with van der Waals surface area (Å²) < 4.78 is 44.0. The highest BCUT2D eigenvalue weighted by atomic mass is 35.5. The molecule has 2 aromatic rings. The second kappa shape index (κ2) is 5.09. The Morgan fingerprint density at radius 1 is 1.11 bits per heavy atom. The summed E-state index contributed by atoms with van der Waals surface area (Å²) in [6, 6.07) is 6.69. The largest absolute Gasteiger partial charge is 0.493 e. The molecule has 2 rings (SSSR count). The van der Waals surface area contributed by atoms with Crippen molar-refractivity contribution in [1.82, 2.24) is 4.98 Å². The highest BCUT2D eigenvalue weighted by Crippen LogP contribution is 2.41. The SMILES string of the molecule is COc1c(-c2ccccc2C(F)(F)F)ccnc1Cl. The van der Waals surface area contributed by atoms with E-state index in [-0.39, 0.29) is 22.0 Å². The van der Waals surface area contributed by atoms with Crippen molar-refractivity contribution in [3.05, 3.63) is 47.2 Å².